The summed E-state index contributed by atoms with van der Waals surface area (Å²) in [6.07, 6.45) is -2.41. The van der Waals surface area contributed by atoms with E-state index in [-0.39, 0.29) is 23.6 Å². The average molecular weight is 420 g/mol. The number of halogens is 3. The number of furan rings is 1. The molecule has 4 rings (SSSR count). The Morgan fingerprint density at radius 2 is 2.10 bits per heavy atom. The number of aryl methyl sites for hydroxylation is 1. The number of carbonyl (C=O) groups is 1. The summed E-state index contributed by atoms with van der Waals surface area (Å²) < 4.78 is 46.7. The normalized spacial score (nSPS) is 11.9. The topological polar surface area (TPSA) is 72.4 Å². The fourth-order valence-corrected chi connectivity index (χ4v) is 3.70. The quantitative estimate of drug-likeness (QED) is 0.514. The first-order valence-electron chi connectivity index (χ1n) is 8.73. The summed E-state index contributed by atoms with van der Waals surface area (Å²) in [6.45, 7) is 2.07. The second-order valence-corrected chi connectivity index (χ2v) is 7.37. The van der Waals surface area contributed by atoms with Crippen molar-refractivity contribution in [2.75, 3.05) is 0 Å². The van der Waals surface area contributed by atoms with Crippen LogP contribution in [0.5, 0.6) is 0 Å². The third-order valence-electron chi connectivity index (χ3n) is 4.22. The molecule has 4 aromatic rings. The minimum atomic E-state index is -4.66. The van der Waals surface area contributed by atoms with E-state index < -0.39 is 17.8 Å². The Morgan fingerprint density at radius 1 is 1.28 bits per heavy atom. The second kappa shape index (κ2) is 7.36. The number of nitrogens with one attached hydrogen (secondary N) is 1. The van der Waals surface area contributed by atoms with Crippen LogP contribution < -0.4 is 5.32 Å². The molecule has 0 saturated heterocycles. The van der Waals surface area contributed by atoms with Gasteiger partial charge in [-0.25, -0.2) is 9.50 Å². The third kappa shape index (κ3) is 3.88. The van der Waals surface area contributed by atoms with E-state index in [2.05, 4.69) is 15.4 Å². The van der Waals surface area contributed by atoms with Gasteiger partial charge in [0.05, 0.1) is 23.4 Å². The fourth-order valence-electron chi connectivity index (χ4n) is 2.79. The first-order valence-corrected chi connectivity index (χ1v) is 9.54. The van der Waals surface area contributed by atoms with Gasteiger partial charge in [-0.3, -0.25) is 4.79 Å². The van der Waals surface area contributed by atoms with Crippen molar-refractivity contribution < 1.29 is 22.4 Å². The number of hydrogen-bond donors (Lipinski definition) is 1. The molecule has 0 unspecified atom stereocenters. The summed E-state index contributed by atoms with van der Waals surface area (Å²) in [7, 11) is 0. The minimum absolute atomic E-state index is 0.0515. The van der Waals surface area contributed by atoms with Crippen molar-refractivity contribution in [3.63, 3.8) is 0 Å². The maximum absolute atomic E-state index is 13.6. The van der Waals surface area contributed by atoms with Crippen LogP contribution in [0.15, 0.2) is 47.1 Å². The number of aromatic nitrogens is 3. The molecule has 0 bridgehead atoms. The second-order valence-electron chi connectivity index (χ2n) is 6.21. The molecule has 0 aromatic carbocycles. The number of carbonyl (C=O) groups excluding carboxylic acids is 1. The van der Waals surface area contributed by atoms with Gasteiger partial charge in [-0.2, -0.15) is 18.3 Å². The van der Waals surface area contributed by atoms with Crippen LogP contribution in [-0.4, -0.2) is 20.5 Å². The van der Waals surface area contributed by atoms with E-state index in [4.69, 9.17) is 4.42 Å². The molecule has 1 amide bonds. The molecule has 1 N–H and O–H groups in total. The van der Waals surface area contributed by atoms with E-state index in [1.165, 1.54) is 23.7 Å². The Hall–Kier alpha value is -3.14. The number of thiophene rings is 1. The molecule has 10 heteroatoms. The zero-order valence-corrected chi connectivity index (χ0v) is 16.0. The van der Waals surface area contributed by atoms with Crippen LogP contribution in [0.3, 0.4) is 0 Å². The van der Waals surface area contributed by atoms with Crippen LogP contribution in [0.4, 0.5) is 13.2 Å². The van der Waals surface area contributed by atoms with Crippen molar-refractivity contribution in [1.29, 1.82) is 0 Å². The molecule has 0 atom stereocenters. The van der Waals surface area contributed by atoms with Gasteiger partial charge >= 0.3 is 6.18 Å². The first kappa shape index (κ1) is 19.2. The number of alkyl halides is 3. The van der Waals surface area contributed by atoms with Gasteiger partial charge in [-0.15, -0.1) is 11.3 Å². The van der Waals surface area contributed by atoms with Crippen molar-refractivity contribution in [1.82, 2.24) is 19.9 Å². The lowest BCUT2D eigenvalue weighted by Crippen LogP contribution is -2.23. The van der Waals surface area contributed by atoms with Crippen molar-refractivity contribution in [3.8, 4) is 10.6 Å². The van der Waals surface area contributed by atoms with Crippen molar-refractivity contribution in [2.24, 2.45) is 0 Å². The average Bonchev–Trinajstić information content (AvgIpc) is 3.44. The van der Waals surface area contributed by atoms with Gasteiger partial charge in [-0.1, -0.05) is 6.92 Å². The number of fused-ring (bicyclic) bond motifs is 1. The van der Waals surface area contributed by atoms with Crippen LogP contribution in [0.25, 0.3) is 16.2 Å². The van der Waals surface area contributed by atoms with Crippen LogP contribution in [0.1, 0.15) is 33.7 Å². The molecule has 0 radical (unpaired) electrons. The predicted molar refractivity (Wildman–Crippen MR) is 101 cm³/mol. The molecule has 29 heavy (non-hydrogen) atoms. The van der Waals surface area contributed by atoms with Gasteiger partial charge in [0.15, 0.2) is 17.0 Å². The van der Waals surface area contributed by atoms with Crippen molar-refractivity contribution >= 4 is 22.9 Å². The van der Waals surface area contributed by atoms with Gasteiger partial charge in [0.2, 0.25) is 0 Å². The Morgan fingerprint density at radius 3 is 2.76 bits per heavy atom. The van der Waals surface area contributed by atoms with Gasteiger partial charge < -0.3 is 9.73 Å². The smallest absolute Gasteiger partial charge is 0.433 e. The fraction of sp³-hybridized carbons (Fsp3) is 0.211. The third-order valence-corrected chi connectivity index (χ3v) is 5.47. The minimum Gasteiger partial charge on any atom is -0.467 e. The summed E-state index contributed by atoms with van der Waals surface area (Å²) >= 11 is 1.38. The molecule has 0 saturated carbocycles. The first-order chi connectivity index (χ1) is 13.8. The highest BCUT2D eigenvalue weighted by Crippen LogP contribution is 2.34. The van der Waals surface area contributed by atoms with Gasteiger partial charge in [-0.05, 0) is 36.8 Å². The zero-order chi connectivity index (χ0) is 20.6. The largest absolute Gasteiger partial charge is 0.467 e. The molecule has 150 valence electrons. The molecule has 0 aliphatic heterocycles. The number of nitrogens with zero attached hydrogens (tertiary/aromatic N) is 3. The standard InChI is InChI=1S/C19H15F3N4O2S/c1-2-12-5-6-15(29-12)13-8-16(19(20,21)22)26-17(24-13)9-14(25-26)18(27)23-10-11-4-3-7-28-11/h3-9H,2,10H2,1H3,(H,23,27). The van der Waals surface area contributed by atoms with E-state index in [0.717, 1.165) is 17.4 Å². The Balaban J connectivity index is 1.72. The Kier molecular flexibility index (Phi) is 4.87. The highest BCUT2D eigenvalue weighted by Gasteiger charge is 2.35. The molecule has 4 heterocycles. The van der Waals surface area contributed by atoms with Crippen molar-refractivity contribution in [3.05, 3.63) is 64.7 Å². The lowest BCUT2D eigenvalue weighted by molar-refractivity contribution is -0.142. The van der Waals surface area contributed by atoms with E-state index in [0.29, 0.717) is 15.2 Å². The summed E-state index contributed by atoms with van der Waals surface area (Å²) in [5.41, 5.74) is -1.01. The lowest BCUT2D eigenvalue weighted by Gasteiger charge is -2.10. The van der Waals surface area contributed by atoms with Gasteiger partial charge in [0.25, 0.3) is 5.91 Å². The van der Waals surface area contributed by atoms with E-state index in [9.17, 15) is 18.0 Å². The molecule has 0 aliphatic rings. The van der Waals surface area contributed by atoms with Crippen molar-refractivity contribution in [2.45, 2.75) is 26.1 Å². The van der Waals surface area contributed by atoms with Gasteiger partial charge in [0, 0.05) is 10.9 Å². The molecular weight excluding hydrogens is 405 g/mol. The highest BCUT2D eigenvalue weighted by atomic mass is 32.1. The number of hydrogen-bond acceptors (Lipinski definition) is 5. The maximum Gasteiger partial charge on any atom is 0.433 e. The van der Waals surface area contributed by atoms with E-state index in [1.54, 1.807) is 18.2 Å². The Labute approximate surface area is 167 Å². The van der Waals surface area contributed by atoms with Crippen LogP contribution >= 0.6 is 11.3 Å². The van der Waals surface area contributed by atoms with Crippen LogP contribution in [-0.2, 0) is 19.1 Å². The molecule has 0 spiro atoms. The SMILES string of the molecule is CCc1ccc(-c2cc(C(F)(F)F)n3nc(C(=O)NCc4ccco4)cc3n2)s1. The monoisotopic (exact) mass is 420 g/mol. The molecule has 0 fully saturated rings. The number of amides is 1. The van der Waals surface area contributed by atoms with E-state index in [1.807, 2.05) is 13.0 Å². The summed E-state index contributed by atoms with van der Waals surface area (Å²) in [6, 6.07) is 9.15. The molecule has 6 nitrogen and oxygen atoms in total. The van der Waals surface area contributed by atoms with Crippen LogP contribution in [0.2, 0.25) is 0 Å². The predicted octanol–water partition coefficient (Wildman–Crippen LogP) is 4.56. The molecule has 0 aliphatic carbocycles. The summed E-state index contributed by atoms with van der Waals surface area (Å²) in [4.78, 5) is 18.3. The van der Waals surface area contributed by atoms with E-state index >= 15 is 0 Å². The summed E-state index contributed by atoms with van der Waals surface area (Å²) in [5.74, 6) is -0.103. The maximum atomic E-state index is 13.6. The Bertz CT molecular complexity index is 1160. The zero-order valence-electron chi connectivity index (χ0n) is 15.2. The highest BCUT2D eigenvalue weighted by molar-refractivity contribution is 7.15. The van der Waals surface area contributed by atoms with Crippen LogP contribution in [0, 0.1) is 0 Å². The lowest BCUT2D eigenvalue weighted by atomic mass is 10.2. The van der Waals surface area contributed by atoms with Gasteiger partial charge in [0.1, 0.15) is 5.76 Å². The molecule has 4 aromatic heterocycles. The molecular formula is C19H15F3N4O2S. The summed E-state index contributed by atoms with van der Waals surface area (Å²) in [5, 5.41) is 6.39. The number of rotatable bonds is 5.